The second-order valence-electron chi connectivity index (χ2n) is 0.665. The Balaban J connectivity index is 0.000000145. The minimum absolute atomic E-state index is 1.33. The molecule has 0 aromatic carbocycles. The topological polar surface area (TPSA) is 110 Å². The van der Waals surface area contributed by atoms with Crippen LogP contribution in [0.3, 0.4) is 0 Å². The summed E-state index contributed by atoms with van der Waals surface area (Å²) < 4.78 is 0. The molecule has 8 heavy (non-hydrogen) atoms. The minimum atomic E-state index is 1.33. The zero-order valence-electron chi connectivity index (χ0n) is 3.85. The standard InChI is InChI=1S/CH2N4.H2N2O/c1-2-4-5-3-1;1-2-3/h1H,(H,2,3,4,5);(H2,1,3). The van der Waals surface area contributed by atoms with Gasteiger partial charge in [-0.3, -0.25) is 5.84 Å². The van der Waals surface area contributed by atoms with E-state index in [1.54, 1.807) is 5.29 Å². The second kappa shape index (κ2) is 5.47. The van der Waals surface area contributed by atoms with E-state index in [2.05, 4.69) is 26.5 Å². The van der Waals surface area contributed by atoms with Gasteiger partial charge in [0.25, 0.3) is 0 Å². The van der Waals surface area contributed by atoms with Crippen LogP contribution in [0.4, 0.5) is 0 Å². The molecule has 1 aromatic heterocycles. The molecule has 0 spiro atoms. The Morgan fingerprint density at radius 3 is 2.50 bits per heavy atom. The third kappa shape index (κ3) is 4.47. The molecular weight excluding hydrogens is 112 g/mol. The van der Waals surface area contributed by atoms with Crippen molar-refractivity contribution in [3.63, 3.8) is 0 Å². The summed E-state index contributed by atoms with van der Waals surface area (Å²) in [5, 5.41) is 13.9. The van der Waals surface area contributed by atoms with Gasteiger partial charge in [-0.1, -0.05) is 5.21 Å². The van der Waals surface area contributed by atoms with Crippen molar-refractivity contribution < 1.29 is 0 Å². The number of aromatic amines is 1. The molecule has 7 heteroatoms. The summed E-state index contributed by atoms with van der Waals surface area (Å²) in [4.78, 5) is 8.33. The van der Waals surface area contributed by atoms with Crippen molar-refractivity contribution in [2.75, 3.05) is 0 Å². The van der Waals surface area contributed by atoms with Crippen LogP contribution in [-0.4, -0.2) is 20.6 Å². The second-order valence-corrected chi connectivity index (χ2v) is 0.665. The number of nitrogens with one attached hydrogen (secondary N) is 1. The predicted octanol–water partition coefficient (Wildman–Crippen LogP) is -1.17. The van der Waals surface area contributed by atoms with Crippen LogP contribution in [-0.2, 0) is 0 Å². The van der Waals surface area contributed by atoms with Gasteiger partial charge in [-0.15, -0.1) is 15.1 Å². The van der Waals surface area contributed by atoms with E-state index in [1.165, 1.54) is 6.33 Å². The molecule has 1 heterocycles. The number of tetrazole rings is 1. The average molecular weight is 116 g/mol. The lowest BCUT2D eigenvalue weighted by Gasteiger charge is -1.44. The van der Waals surface area contributed by atoms with E-state index in [0.717, 1.165) is 0 Å². The van der Waals surface area contributed by atoms with E-state index in [9.17, 15) is 0 Å². The molecule has 0 amide bonds. The number of hydrogen-bond donors (Lipinski definition) is 2. The van der Waals surface area contributed by atoms with Crippen LogP contribution in [0.1, 0.15) is 0 Å². The van der Waals surface area contributed by atoms with Gasteiger partial charge in [0.05, 0.1) is 0 Å². The number of nitrogens with zero attached hydrogens (tertiary/aromatic N) is 4. The Morgan fingerprint density at radius 2 is 2.38 bits per heavy atom. The van der Waals surface area contributed by atoms with E-state index in [-0.39, 0.29) is 0 Å². The Labute approximate surface area is 44.2 Å². The lowest BCUT2D eigenvalue weighted by atomic mass is 11.4. The maximum atomic E-state index is 8.33. The van der Waals surface area contributed by atoms with Crippen LogP contribution in [0, 0.1) is 4.91 Å². The van der Waals surface area contributed by atoms with E-state index in [0.29, 0.717) is 0 Å². The van der Waals surface area contributed by atoms with Crippen LogP contribution < -0.4 is 5.84 Å². The minimum Gasteiger partial charge on any atom is -0.287 e. The number of nitroso groups, excluding NO2 is 1. The highest BCUT2D eigenvalue weighted by Crippen LogP contribution is 1.43. The number of rotatable bonds is 0. The molecule has 0 bridgehead atoms. The van der Waals surface area contributed by atoms with Crippen molar-refractivity contribution in [2.45, 2.75) is 0 Å². The van der Waals surface area contributed by atoms with Crippen LogP contribution in [0.5, 0.6) is 0 Å². The van der Waals surface area contributed by atoms with E-state index in [4.69, 9.17) is 4.91 Å². The Kier molecular flexibility index (Phi) is 4.42. The van der Waals surface area contributed by atoms with Gasteiger partial charge in [-0.05, 0) is 0 Å². The van der Waals surface area contributed by atoms with Gasteiger partial charge in [0.1, 0.15) is 0 Å². The van der Waals surface area contributed by atoms with Crippen molar-refractivity contribution in [3.8, 4) is 0 Å². The smallest absolute Gasteiger partial charge is 0.161 e. The normalized spacial score (nSPS) is 6.50. The maximum absolute atomic E-state index is 8.33. The highest BCUT2D eigenvalue weighted by atomic mass is 16.3. The number of nitrogens with two attached hydrogens (primary N) is 1. The molecule has 1 rings (SSSR count). The molecule has 7 nitrogen and oxygen atoms in total. The van der Waals surface area contributed by atoms with Crippen LogP contribution in [0.15, 0.2) is 11.6 Å². The first-order valence-electron chi connectivity index (χ1n) is 1.60. The van der Waals surface area contributed by atoms with Crippen LogP contribution >= 0.6 is 0 Å². The SMILES string of the molecule is NN=O.c1nn[nH]n1. The van der Waals surface area contributed by atoms with Gasteiger partial charge in [0.2, 0.25) is 0 Å². The van der Waals surface area contributed by atoms with Crippen LogP contribution in [0.25, 0.3) is 0 Å². The maximum Gasteiger partial charge on any atom is 0.161 e. The summed E-state index contributed by atoms with van der Waals surface area (Å²) in [6.45, 7) is 0. The fourth-order valence-corrected chi connectivity index (χ4v) is 0.129. The first-order chi connectivity index (χ1) is 3.91. The molecular formula is CH4N6O. The summed E-state index contributed by atoms with van der Waals surface area (Å²) in [7, 11) is 0. The first-order valence-corrected chi connectivity index (χ1v) is 1.60. The van der Waals surface area contributed by atoms with Crippen molar-refractivity contribution in [3.05, 3.63) is 11.2 Å². The molecule has 0 saturated carbocycles. The summed E-state index contributed by atoms with van der Waals surface area (Å²) >= 11 is 0. The highest BCUT2D eigenvalue weighted by molar-refractivity contribution is 4.24. The van der Waals surface area contributed by atoms with Crippen molar-refractivity contribution in [1.82, 2.24) is 20.6 Å². The molecule has 44 valence electrons. The number of hydrogen-bond acceptors (Lipinski definition) is 5. The molecule has 0 radical (unpaired) electrons. The zero-order chi connectivity index (χ0) is 6.24. The average Bonchev–Trinajstić information content (AvgIpc) is 2.17. The van der Waals surface area contributed by atoms with Gasteiger partial charge in [-0.2, -0.15) is 5.21 Å². The third-order valence-corrected chi connectivity index (χ3v) is 0.270. The molecule has 0 unspecified atom stereocenters. The van der Waals surface area contributed by atoms with Gasteiger partial charge >= 0.3 is 0 Å². The van der Waals surface area contributed by atoms with E-state index >= 15 is 0 Å². The van der Waals surface area contributed by atoms with Crippen molar-refractivity contribution in [1.29, 1.82) is 0 Å². The molecule has 1 aromatic rings. The number of aromatic nitrogens is 4. The molecule has 0 aliphatic carbocycles. The monoisotopic (exact) mass is 116 g/mol. The largest absolute Gasteiger partial charge is 0.287 e. The zero-order valence-corrected chi connectivity index (χ0v) is 3.85. The molecule has 3 N–H and O–H groups in total. The van der Waals surface area contributed by atoms with E-state index in [1.807, 2.05) is 0 Å². The first kappa shape index (κ1) is 6.47. The van der Waals surface area contributed by atoms with Gasteiger partial charge < -0.3 is 0 Å². The third-order valence-electron chi connectivity index (χ3n) is 0.270. The summed E-state index contributed by atoms with van der Waals surface area (Å²) in [5.41, 5.74) is 0. The van der Waals surface area contributed by atoms with E-state index < -0.39 is 0 Å². The quantitative estimate of drug-likeness (QED) is 0.252. The lowest BCUT2D eigenvalue weighted by molar-refractivity contribution is 0.881. The predicted molar refractivity (Wildman–Crippen MR) is 24.2 cm³/mol. The van der Waals surface area contributed by atoms with Gasteiger partial charge in [0, 0.05) is 5.29 Å². The fraction of sp³-hybridized carbons (Fsp3) is 0. The van der Waals surface area contributed by atoms with Crippen molar-refractivity contribution >= 4 is 0 Å². The van der Waals surface area contributed by atoms with Gasteiger partial charge in [0.15, 0.2) is 6.33 Å². The van der Waals surface area contributed by atoms with Gasteiger partial charge in [-0.25, -0.2) is 0 Å². The Morgan fingerprint density at radius 1 is 1.75 bits per heavy atom. The summed E-state index contributed by atoms with van der Waals surface area (Å²) in [6.07, 6.45) is 1.33. The molecule has 0 saturated heterocycles. The molecule has 0 aliphatic heterocycles. The molecule has 0 fully saturated rings. The fourth-order valence-electron chi connectivity index (χ4n) is 0.129. The lowest BCUT2D eigenvalue weighted by Crippen LogP contribution is -1.66. The number of H-pyrrole nitrogens is 1. The van der Waals surface area contributed by atoms with Crippen LogP contribution in [0.2, 0.25) is 0 Å². The Hall–Kier alpha value is -1.53. The van der Waals surface area contributed by atoms with Crippen molar-refractivity contribution in [2.24, 2.45) is 11.1 Å². The molecule has 0 atom stereocenters. The highest BCUT2D eigenvalue weighted by Gasteiger charge is 1.58. The summed E-state index contributed by atoms with van der Waals surface area (Å²) in [5.74, 6) is 3.92. The summed E-state index contributed by atoms with van der Waals surface area (Å²) in [6, 6.07) is 0. The Bertz CT molecular complexity index is 94.9. The molecule has 0 aliphatic rings.